The molecule has 2 N–H and O–H groups in total. The summed E-state index contributed by atoms with van der Waals surface area (Å²) in [6.07, 6.45) is 9.70. The maximum Gasteiger partial charge on any atom is 2.00 e. The second-order valence-electron chi connectivity index (χ2n) is 7.84. The molecule has 3 fully saturated rings. The Labute approximate surface area is 203 Å². The molecule has 0 radical (unpaired) electrons. The Morgan fingerprint density at radius 3 is 2.64 bits per heavy atom. The van der Waals surface area contributed by atoms with Crippen molar-refractivity contribution in [1.82, 2.24) is 0 Å². The Hall–Kier alpha value is 0.0919. The van der Waals surface area contributed by atoms with Gasteiger partial charge >= 0.3 is 43.1 Å². The molecule has 1 heterocycles. The number of nitrogens with two attached hydrogens (primary N) is 1. The first-order valence-electron chi connectivity index (χ1n) is 9.63. The molecule has 152 valence electrons. The van der Waals surface area contributed by atoms with Crippen molar-refractivity contribution in [2.45, 2.75) is 74.0 Å². The van der Waals surface area contributed by atoms with Crippen molar-refractivity contribution >= 4 is 40.8 Å². The number of fused-ring (bicyclic) bond motifs is 1. The summed E-state index contributed by atoms with van der Waals surface area (Å²) in [4.78, 5) is 34.2. The van der Waals surface area contributed by atoms with Crippen molar-refractivity contribution in [3.63, 3.8) is 0 Å². The van der Waals surface area contributed by atoms with Crippen LogP contribution in [-0.2, 0) is 23.9 Å². The van der Waals surface area contributed by atoms with Crippen molar-refractivity contribution in [1.29, 1.82) is 0 Å². The van der Waals surface area contributed by atoms with Crippen LogP contribution in [-0.4, -0.2) is 39.9 Å². The Morgan fingerprint density at radius 2 is 2.11 bits per heavy atom. The Kier molecular flexibility index (Phi) is 8.64. The van der Waals surface area contributed by atoms with Gasteiger partial charge in [0.15, 0.2) is 0 Å². The van der Waals surface area contributed by atoms with E-state index in [4.69, 9.17) is 15.2 Å². The van der Waals surface area contributed by atoms with E-state index < -0.39 is 3.42 Å². The van der Waals surface area contributed by atoms with Crippen LogP contribution in [0.5, 0.6) is 0 Å². The molecule has 0 aromatic carbocycles. The van der Waals surface area contributed by atoms with Gasteiger partial charge in [-0.15, -0.1) is 28.5 Å². The molecule has 1 saturated heterocycles. The van der Waals surface area contributed by atoms with Gasteiger partial charge in [0.1, 0.15) is 6.10 Å². The SMILES string of the molecule is CCC(N)C(C)(I)[C-]=O.O=C(OC1CCCC1)C1=C2C(=O)OC3[CH-]C1CC23.[U+2]. The van der Waals surface area contributed by atoms with Crippen LogP contribution >= 0.6 is 22.6 Å². The predicted octanol–water partition coefficient (Wildman–Crippen LogP) is 2.58. The Bertz CT molecular complexity index is 659. The zero-order chi connectivity index (χ0) is 19.8. The largest absolute Gasteiger partial charge is 2.00 e. The third kappa shape index (κ3) is 4.87. The maximum absolute atomic E-state index is 12.2. The number of hydrogen-bond donors (Lipinski definition) is 1. The van der Waals surface area contributed by atoms with Crippen LogP contribution in [0.1, 0.15) is 52.4 Å². The van der Waals surface area contributed by atoms with Crippen LogP contribution < -0.4 is 5.73 Å². The molecule has 0 aromatic rings. The van der Waals surface area contributed by atoms with E-state index in [1.54, 1.807) is 6.92 Å². The average molecular weight is 725 g/mol. The third-order valence-corrected chi connectivity index (χ3v) is 6.97. The van der Waals surface area contributed by atoms with Gasteiger partial charge < -0.3 is 20.0 Å². The van der Waals surface area contributed by atoms with Crippen LogP contribution in [0.3, 0.4) is 0 Å². The molecule has 5 atom stereocenters. The van der Waals surface area contributed by atoms with E-state index in [9.17, 15) is 14.4 Å². The Balaban J connectivity index is 0.000000244. The van der Waals surface area contributed by atoms with Crippen molar-refractivity contribution in [2.75, 3.05) is 0 Å². The zero-order valence-corrected chi connectivity index (χ0v) is 22.5. The second-order valence-corrected chi connectivity index (χ2v) is 10.1. The summed E-state index contributed by atoms with van der Waals surface area (Å²) in [6.45, 7) is 3.74. The van der Waals surface area contributed by atoms with Gasteiger partial charge in [0, 0.05) is 11.1 Å². The molecule has 0 spiro atoms. The van der Waals surface area contributed by atoms with Gasteiger partial charge in [-0.1, -0.05) is 23.7 Å². The van der Waals surface area contributed by atoms with E-state index in [1.165, 1.54) is 0 Å². The number of alkyl halides is 1. The summed E-state index contributed by atoms with van der Waals surface area (Å²) >= 11 is 2.02. The smallest absolute Gasteiger partial charge is 0.540 e. The molecule has 4 aliphatic rings. The number of rotatable bonds is 5. The molecule has 0 aromatic heterocycles. The number of hydrogen-bond acceptors (Lipinski definition) is 6. The van der Waals surface area contributed by atoms with Gasteiger partial charge in [-0.25, -0.2) is 15.9 Å². The molecule has 1 aliphatic heterocycles. The number of halogens is 1. The molecule has 6 nitrogen and oxygen atoms in total. The van der Waals surface area contributed by atoms with Gasteiger partial charge in [-0.2, -0.15) is 0 Å². The molecule has 2 saturated carbocycles. The first kappa shape index (κ1) is 24.4. The minimum atomic E-state index is -0.507. The summed E-state index contributed by atoms with van der Waals surface area (Å²) in [5.41, 5.74) is 6.79. The van der Waals surface area contributed by atoms with E-state index in [-0.39, 0.29) is 73.1 Å². The van der Waals surface area contributed by atoms with Gasteiger partial charge in [0.2, 0.25) is 0 Å². The van der Waals surface area contributed by atoms with E-state index >= 15 is 0 Å². The van der Waals surface area contributed by atoms with Gasteiger partial charge in [0.25, 0.3) is 0 Å². The summed E-state index contributed by atoms with van der Waals surface area (Å²) < 4.78 is 10.2. The van der Waals surface area contributed by atoms with E-state index in [1.807, 2.05) is 42.2 Å². The molecule has 8 heteroatoms. The van der Waals surface area contributed by atoms with Crippen molar-refractivity contribution in [3.05, 3.63) is 17.6 Å². The molecule has 3 aliphatic carbocycles. The zero-order valence-electron chi connectivity index (χ0n) is 16.2. The van der Waals surface area contributed by atoms with E-state index in [0.717, 1.165) is 38.5 Å². The number of esters is 2. The molecule has 28 heavy (non-hydrogen) atoms. The third-order valence-electron chi connectivity index (χ3n) is 5.95. The summed E-state index contributed by atoms with van der Waals surface area (Å²) in [6, 6.07) is -0.0735. The number of carbonyl (C=O) groups excluding carboxylic acids is 3. The molecule has 0 amide bonds. The minimum Gasteiger partial charge on any atom is -0.540 e. The standard InChI is InChI=1S/C14H15O4.C6H11INO.U/c15-13(17-8-3-1-2-4-8)11-7-5-9-10(6-7)18-14(16)12(9)11;1-3-5(8)6(2,7)4-9;/h6-10H,1-5H2;5H,3,8H2,1-2H3;/q2*-1;+2. The molecule has 5 unspecified atom stereocenters. The predicted molar refractivity (Wildman–Crippen MR) is 108 cm³/mol. The van der Waals surface area contributed by atoms with Gasteiger partial charge in [-0.3, -0.25) is 6.42 Å². The number of ether oxygens (including phenoxy) is 2. The van der Waals surface area contributed by atoms with Gasteiger partial charge in [-0.05, 0) is 50.2 Å². The monoisotopic (exact) mass is 725 g/mol. The first-order valence-corrected chi connectivity index (χ1v) is 10.7. The molecular formula is C20H26INO5U. The second kappa shape index (κ2) is 9.93. The summed E-state index contributed by atoms with van der Waals surface area (Å²) in [5.74, 6) is -0.387. The Morgan fingerprint density at radius 1 is 1.46 bits per heavy atom. The van der Waals surface area contributed by atoms with Crippen LogP contribution in [0.2, 0.25) is 0 Å². The fraction of sp³-hybridized carbons (Fsp3) is 0.700. The molecular weight excluding hydrogens is 699 g/mol. The van der Waals surface area contributed by atoms with Crippen LogP contribution in [0.15, 0.2) is 11.1 Å². The topological polar surface area (TPSA) is 95.7 Å². The van der Waals surface area contributed by atoms with E-state index in [2.05, 4.69) is 0 Å². The van der Waals surface area contributed by atoms with E-state index in [0.29, 0.717) is 11.1 Å². The molecule has 4 rings (SSSR count). The average Bonchev–Trinajstić information content (AvgIpc) is 3.38. The quantitative estimate of drug-likeness (QED) is 0.203. The van der Waals surface area contributed by atoms with Crippen LogP contribution in [0.4, 0.5) is 0 Å². The van der Waals surface area contributed by atoms with Crippen LogP contribution in [0, 0.1) is 49.4 Å². The first-order chi connectivity index (χ1) is 12.8. The fourth-order valence-corrected chi connectivity index (χ4v) is 4.70. The fourth-order valence-electron chi connectivity index (χ4n) is 4.26. The summed E-state index contributed by atoms with van der Waals surface area (Å²) in [7, 11) is 0. The molecule has 2 bridgehead atoms. The van der Waals surface area contributed by atoms with Crippen molar-refractivity contribution in [3.8, 4) is 0 Å². The minimum absolute atomic E-state index is 0. The number of carbonyl (C=O) groups is 2. The normalized spacial score (nSPS) is 30.7. The van der Waals surface area contributed by atoms with Crippen molar-refractivity contribution in [2.24, 2.45) is 17.6 Å². The van der Waals surface area contributed by atoms with Crippen molar-refractivity contribution < 1.29 is 55.0 Å². The van der Waals surface area contributed by atoms with Gasteiger partial charge in [0.05, 0.1) is 0 Å². The summed E-state index contributed by atoms with van der Waals surface area (Å²) in [5, 5.41) is 0. The van der Waals surface area contributed by atoms with Crippen LogP contribution in [0.25, 0.3) is 0 Å². The maximum atomic E-state index is 12.2.